The first-order valence-electron chi connectivity index (χ1n) is 8.67. The van der Waals surface area contributed by atoms with Crippen LogP contribution in [-0.4, -0.2) is 34.6 Å². The van der Waals surface area contributed by atoms with Gasteiger partial charge >= 0.3 is 0 Å². The molecule has 6 nitrogen and oxygen atoms in total. The Kier molecular flexibility index (Phi) is 3.63. The maximum Gasteiger partial charge on any atom is 0.226 e. The van der Waals surface area contributed by atoms with Crippen molar-refractivity contribution >= 4 is 17.4 Å². The summed E-state index contributed by atoms with van der Waals surface area (Å²) >= 11 is 0. The van der Waals surface area contributed by atoms with E-state index >= 15 is 0 Å². The summed E-state index contributed by atoms with van der Waals surface area (Å²) in [6.45, 7) is 4.00. The molecule has 2 heterocycles. The fraction of sp³-hybridized carbons (Fsp3) is 0.421. The van der Waals surface area contributed by atoms with Crippen LogP contribution in [0.15, 0.2) is 35.5 Å². The molecule has 6 heteroatoms. The number of hydrogen-bond acceptors (Lipinski definition) is 5. The van der Waals surface area contributed by atoms with Gasteiger partial charge in [-0.05, 0) is 37.0 Å². The van der Waals surface area contributed by atoms with Crippen molar-refractivity contribution in [1.82, 2.24) is 14.8 Å². The third-order valence-electron chi connectivity index (χ3n) is 4.96. The molecule has 1 aliphatic heterocycles. The smallest absolute Gasteiger partial charge is 0.226 e. The first-order valence-corrected chi connectivity index (χ1v) is 8.67. The van der Waals surface area contributed by atoms with E-state index in [0.717, 1.165) is 34.9 Å². The number of benzene rings is 1. The predicted molar refractivity (Wildman–Crippen MR) is 97.7 cm³/mol. The van der Waals surface area contributed by atoms with Crippen LogP contribution in [-0.2, 0) is 4.79 Å². The number of carbonyl (C=O) groups excluding carboxylic acids is 1. The predicted octanol–water partition coefficient (Wildman–Crippen LogP) is 2.92. The van der Waals surface area contributed by atoms with E-state index in [-0.39, 0.29) is 11.8 Å². The largest absolute Gasteiger partial charge is 0.378 e. The molecular weight excluding hydrogens is 314 g/mol. The average molecular weight is 337 g/mol. The van der Waals surface area contributed by atoms with Crippen LogP contribution < -0.4 is 10.2 Å². The zero-order chi connectivity index (χ0) is 17.7. The number of carbonyl (C=O) groups is 1. The first kappa shape index (κ1) is 15.9. The molecule has 0 amide bonds. The Bertz CT molecular complexity index is 862. The Morgan fingerprint density at radius 2 is 1.92 bits per heavy atom. The van der Waals surface area contributed by atoms with E-state index in [9.17, 15) is 4.79 Å². The molecule has 1 aromatic carbocycles. The van der Waals surface area contributed by atoms with E-state index in [1.807, 2.05) is 25.7 Å². The molecule has 2 atom stereocenters. The summed E-state index contributed by atoms with van der Waals surface area (Å²) in [5.41, 5.74) is 4.04. The number of rotatable bonds is 2. The van der Waals surface area contributed by atoms with Crippen molar-refractivity contribution in [2.24, 2.45) is 5.92 Å². The molecule has 130 valence electrons. The lowest BCUT2D eigenvalue weighted by molar-refractivity contribution is -0.117. The minimum Gasteiger partial charge on any atom is -0.378 e. The SMILES string of the molecule is Cc1nc2n(n1)[C@H](c1ccc(N(C)C)cc1)C1=C(C[C@H](C)CC1=O)N2. The Morgan fingerprint density at radius 1 is 1.20 bits per heavy atom. The summed E-state index contributed by atoms with van der Waals surface area (Å²) in [6.07, 6.45) is 1.47. The Hall–Kier alpha value is -2.63. The summed E-state index contributed by atoms with van der Waals surface area (Å²) in [4.78, 5) is 19.4. The number of hydrogen-bond donors (Lipinski definition) is 1. The van der Waals surface area contributed by atoms with Crippen LogP contribution in [0, 0.1) is 12.8 Å². The van der Waals surface area contributed by atoms with Crippen molar-refractivity contribution < 1.29 is 4.79 Å². The van der Waals surface area contributed by atoms with Crippen LogP contribution in [0.1, 0.15) is 37.2 Å². The van der Waals surface area contributed by atoms with Gasteiger partial charge in [-0.25, -0.2) is 4.68 Å². The second-order valence-electron chi connectivity index (χ2n) is 7.27. The topological polar surface area (TPSA) is 63.1 Å². The molecule has 0 radical (unpaired) electrons. The standard InChI is InChI=1S/C19H23N5O/c1-11-9-15-17(16(25)10-11)18(24-19(21-15)20-12(2)22-24)13-5-7-14(8-6-13)23(3)4/h5-8,11,18H,9-10H2,1-4H3,(H,20,21,22)/t11-,18+/m0/s1. The van der Waals surface area contributed by atoms with Gasteiger partial charge in [-0.2, -0.15) is 10.1 Å². The number of aryl methyl sites for hydroxylation is 1. The molecule has 2 aromatic rings. The van der Waals surface area contributed by atoms with Crippen LogP contribution in [0.3, 0.4) is 0 Å². The lowest BCUT2D eigenvalue weighted by atomic mass is 9.81. The minimum atomic E-state index is -0.205. The lowest BCUT2D eigenvalue weighted by Gasteiger charge is -2.34. The van der Waals surface area contributed by atoms with E-state index in [4.69, 9.17) is 0 Å². The van der Waals surface area contributed by atoms with Crippen LogP contribution in [0.25, 0.3) is 0 Å². The number of aromatic nitrogens is 3. The molecule has 0 fully saturated rings. The van der Waals surface area contributed by atoms with Crippen molar-refractivity contribution in [3.63, 3.8) is 0 Å². The van der Waals surface area contributed by atoms with Gasteiger partial charge in [0.15, 0.2) is 5.78 Å². The van der Waals surface area contributed by atoms with Crippen molar-refractivity contribution in [2.75, 3.05) is 24.3 Å². The number of nitrogens with zero attached hydrogens (tertiary/aromatic N) is 4. The molecule has 0 bridgehead atoms. The zero-order valence-electron chi connectivity index (χ0n) is 15.1. The monoisotopic (exact) mass is 337 g/mol. The summed E-state index contributed by atoms with van der Waals surface area (Å²) in [5.74, 6) is 1.99. The van der Waals surface area contributed by atoms with Crippen molar-refractivity contribution in [3.8, 4) is 0 Å². The summed E-state index contributed by atoms with van der Waals surface area (Å²) in [7, 11) is 4.04. The zero-order valence-corrected chi connectivity index (χ0v) is 15.1. The fourth-order valence-electron chi connectivity index (χ4n) is 3.78. The fourth-order valence-corrected chi connectivity index (χ4v) is 3.78. The van der Waals surface area contributed by atoms with Crippen molar-refractivity contribution in [1.29, 1.82) is 0 Å². The molecule has 1 N–H and O–H groups in total. The van der Waals surface area contributed by atoms with Gasteiger partial charge in [0.2, 0.25) is 5.95 Å². The molecule has 1 aromatic heterocycles. The van der Waals surface area contributed by atoms with Gasteiger partial charge in [-0.15, -0.1) is 0 Å². The Balaban J connectivity index is 1.85. The molecule has 0 saturated carbocycles. The van der Waals surface area contributed by atoms with E-state index in [2.05, 4.69) is 51.5 Å². The number of Topliss-reactive ketones (excluding diaryl/α,β-unsaturated/α-hetero) is 1. The molecule has 0 saturated heterocycles. The highest BCUT2D eigenvalue weighted by Gasteiger charge is 2.38. The molecule has 1 aliphatic carbocycles. The number of allylic oxidation sites excluding steroid dienone is 2. The molecule has 0 spiro atoms. The van der Waals surface area contributed by atoms with Crippen LogP contribution in [0.4, 0.5) is 11.6 Å². The quantitative estimate of drug-likeness (QED) is 0.913. The number of nitrogens with one attached hydrogen (secondary N) is 1. The van der Waals surface area contributed by atoms with E-state index in [1.54, 1.807) is 0 Å². The third-order valence-corrected chi connectivity index (χ3v) is 4.96. The van der Waals surface area contributed by atoms with E-state index < -0.39 is 0 Å². The number of fused-ring (bicyclic) bond motifs is 1. The van der Waals surface area contributed by atoms with Gasteiger partial charge in [-0.3, -0.25) is 4.79 Å². The molecule has 2 aliphatic rings. The second-order valence-corrected chi connectivity index (χ2v) is 7.27. The third kappa shape index (κ3) is 2.62. The normalized spacial score (nSPS) is 22.3. The molecule has 4 rings (SSSR count). The van der Waals surface area contributed by atoms with Gasteiger partial charge in [0.1, 0.15) is 11.9 Å². The maximum absolute atomic E-state index is 12.8. The minimum absolute atomic E-state index is 0.205. The molecule has 25 heavy (non-hydrogen) atoms. The average Bonchev–Trinajstić information content (AvgIpc) is 2.92. The first-order chi connectivity index (χ1) is 11.9. The number of ketones is 1. The number of anilines is 2. The second kappa shape index (κ2) is 5.72. The summed E-state index contributed by atoms with van der Waals surface area (Å²) in [6, 6.07) is 8.13. The van der Waals surface area contributed by atoms with Crippen molar-refractivity contribution in [2.45, 2.75) is 32.7 Å². The van der Waals surface area contributed by atoms with Gasteiger partial charge < -0.3 is 10.2 Å². The van der Waals surface area contributed by atoms with Gasteiger partial charge in [-0.1, -0.05) is 19.1 Å². The summed E-state index contributed by atoms with van der Waals surface area (Å²) in [5, 5.41) is 7.91. The Labute approximate surface area is 147 Å². The highest BCUT2D eigenvalue weighted by molar-refractivity contribution is 5.99. The van der Waals surface area contributed by atoms with E-state index in [1.165, 1.54) is 0 Å². The Morgan fingerprint density at radius 3 is 2.60 bits per heavy atom. The highest BCUT2D eigenvalue weighted by Crippen LogP contribution is 2.41. The summed E-state index contributed by atoms with van der Waals surface area (Å²) < 4.78 is 1.85. The van der Waals surface area contributed by atoms with Crippen LogP contribution in [0.5, 0.6) is 0 Å². The molecular formula is C19H23N5O. The highest BCUT2D eigenvalue weighted by atomic mass is 16.1. The molecule has 0 unspecified atom stereocenters. The van der Waals surface area contributed by atoms with Gasteiger partial charge in [0.05, 0.1) is 0 Å². The maximum atomic E-state index is 12.8. The van der Waals surface area contributed by atoms with Crippen molar-refractivity contribution in [3.05, 3.63) is 46.9 Å². The van der Waals surface area contributed by atoms with Gasteiger partial charge in [0.25, 0.3) is 0 Å². The lowest BCUT2D eigenvalue weighted by Crippen LogP contribution is -2.33. The van der Waals surface area contributed by atoms with Crippen LogP contribution >= 0.6 is 0 Å². The van der Waals surface area contributed by atoms with E-state index in [0.29, 0.717) is 18.2 Å². The van der Waals surface area contributed by atoms with Crippen LogP contribution in [0.2, 0.25) is 0 Å². The van der Waals surface area contributed by atoms with Gasteiger partial charge in [0, 0.05) is 37.5 Å².